The van der Waals surface area contributed by atoms with Crippen LogP contribution in [-0.4, -0.2) is 12.5 Å². The molecule has 0 aromatic heterocycles. The van der Waals surface area contributed by atoms with E-state index in [4.69, 9.17) is 0 Å². The van der Waals surface area contributed by atoms with Crippen LogP contribution in [0.25, 0.3) is 0 Å². The summed E-state index contributed by atoms with van der Waals surface area (Å²) in [5, 5.41) is 0. The number of para-hydroxylation sites is 1. The number of nitrogens with zero attached hydrogens (tertiary/aromatic N) is 1. The number of anilines is 1. The molecule has 2 heteroatoms. The highest BCUT2D eigenvalue weighted by Gasteiger charge is 2.29. The number of benzene rings is 1. The van der Waals surface area contributed by atoms with Crippen molar-refractivity contribution in [1.29, 1.82) is 0 Å². The Hall–Kier alpha value is -1.31. The Labute approximate surface area is 129 Å². The highest BCUT2D eigenvalue weighted by Crippen LogP contribution is 2.33. The minimum Gasteiger partial charge on any atom is -0.312 e. The average molecular weight is 287 g/mol. The van der Waals surface area contributed by atoms with E-state index in [2.05, 4.69) is 13.8 Å². The fourth-order valence-corrected chi connectivity index (χ4v) is 3.48. The van der Waals surface area contributed by atoms with Gasteiger partial charge in [-0.2, -0.15) is 0 Å². The van der Waals surface area contributed by atoms with Crippen molar-refractivity contribution < 1.29 is 4.79 Å². The lowest BCUT2D eigenvalue weighted by molar-refractivity contribution is -0.123. The van der Waals surface area contributed by atoms with E-state index in [9.17, 15) is 4.79 Å². The zero-order valence-electron chi connectivity index (χ0n) is 13.6. The van der Waals surface area contributed by atoms with Crippen LogP contribution in [-0.2, 0) is 4.79 Å². The largest absolute Gasteiger partial charge is 0.312 e. The van der Waals surface area contributed by atoms with Gasteiger partial charge >= 0.3 is 0 Å². The second kappa shape index (κ2) is 8.21. The quantitative estimate of drug-likeness (QED) is 0.718. The summed E-state index contributed by atoms with van der Waals surface area (Å²) in [5.74, 6) is 1.43. The monoisotopic (exact) mass is 287 g/mol. The summed E-state index contributed by atoms with van der Waals surface area (Å²) >= 11 is 0. The first-order valence-corrected chi connectivity index (χ1v) is 8.62. The highest BCUT2D eigenvalue weighted by molar-refractivity contribution is 5.95. The smallest absolute Gasteiger partial charge is 0.230 e. The normalized spacial score (nSPS) is 22.0. The summed E-state index contributed by atoms with van der Waals surface area (Å²) in [4.78, 5) is 14.7. The van der Waals surface area contributed by atoms with Gasteiger partial charge in [0.1, 0.15) is 0 Å². The Morgan fingerprint density at radius 2 is 1.76 bits per heavy atom. The molecule has 0 unspecified atom stereocenters. The summed E-state index contributed by atoms with van der Waals surface area (Å²) in [6.45, 7) is 5.09. The molecule has 1 saturated carbocycles. The standard InChI is InChI=1S/C19H29NO/c1-3-5-9-16-12-14-17(15-13-16)19(21)20(4-2)18-10-7-6-8-11-18/h6-8,10-11,16-17H,3-5,9,12-15H2,1-2H3. The topological polar surface area (TPSA) is 20.3 Å². The summed E-state index contributed by atoms with van der Waals surface area (Å²) in [7, 11) is 0. The zero-order chi connectivity index (χ0) is 15.1. The molecule has 1 aliphatic rings. The highest BCUT2D eigenvalue weighted by atomic mass is 16.2. The summed E-state index contributed by atoms with van der Waals surface area (Å²) in [5.41, 5.74) is 1.04. The number of amides is 1. The third-order valence-electron chi connectivity index (χ3n) is 4.81. The number of carbonyl (C=O) groups is 1. The number of rotatable bonds is 6. The van der Waals surface area contributed by atoms with Gasteiger partial charge in [-0.3, -0.25) is 4.79 Å². The van der Waals surface area contributed by atoms with Crippen LogP contribution in [0.15, 0.2) is 30.3 Å². The first-order chi connectivity index (χ1) is 10.3. The van der Waals surface area contributed by atoms with Gasteiger partial charge in [0.15, 0.2) is 0 Å². The lowest BCUT2D eigenvalue weighted by atomic mass is 9.79. The maximum atomic E-state index is 12.8. The minimum atomic E-state index is 0.239. The minimum absolute atomic E-state index is 0.239. The van der Waals surface area contributed by atoms with Crippen molar-refractivity contribution in [2.24, 2.45) is 11.8 Å². The lowest BCUT2D eigenvalue weighted by Crippen LogP contribution is -2.37. The molecule has 0 bridgehead atoms. The number of hydrogen-bond donors (Lipinski definition) is 0. The molecular weight excluding hydrogens is 258 g/mol. The van der Waals surface area contributed by atoms with E-state index in [0.717, 1.165) is 31.0 Å². The zero-order valence-corrected chi connectivity index (χ0v) is 13.6. The molecule has 0 heterocycles. The molecule has 2 rings (SSSR count). The molecule has 1 aromatic carbocycles. The number of hydrogen-bond acceptors (Lipinski definition) is 1. The Balaban J connectivity index is 1.91. The van der Waals surface area contributed by atoms with Crippen molar-refractivity contribution in [3.63, 3.8) is 0 Å². The van der Waals surface area contributed by atoms with Crippen LogP contribution in [0.2, 0.25) is 0 Å². The van der Waals surface area contributed by atoms with Gasteiger partial charge < -0.3 is 4.90 Å². The Morgan fingerprint density at radius 3 is 2.33 bits per heavy atom. The SMILES string of the molecule is CCCCC1CCC(C(=O)N(CC)c2ccccc2)CC1. The van der Waals surface area contributed by atoms with Gasteiger partial charge in [-0.05, 0) is 50.7 Å². The van der Waals surface area contributed by atoms with Crippen molar-refractivity contribution in [1.82, 2.24) is 0 Å². The van der Waals surface area contributed by atoms with Gasteiger partial charge in [-0.25, -0.2) is 0 Å². The van der Waals surface area contributed by atoms with E-state index in [1.165, 1.54) is 32.1 Å². The Kier molecular flexibility index (Phi) is 6.28. The summed E-state index contributed by atoms with van der Waals surface area (Å²) in [6.07, 6.45) is 8.62. The fraction of sp³-hybridized carbons (Fsp3) is 0.632. The van der Waals surface area contributed by atoms with Gasteiger partial charge in [-0.1, -0.05) is 44.4 Å². The molecule has 0 aliphatic heterocycles. The number of carbonyl (C=O) groups excluding carboxylic acids is 1. The average Bonchev–Trinajstić information content (AvgIpc) is 2.55. The van der Waals surface area contributed by atoms with Gasteiger partial charge in [0.2, 0.25) is 5.91 Å². The van der Waals surface area contributed by atoms with E-state index in [1.807, 2.05) is 35.2 Å². The fourth-order valence-electron chi connectivity index (χ4n) is 3.48. The molecule has 0 spiro atoms. The van der Waals surface area contributed by atoms with Crippen LogP contribution < -0.4 is 4.90 Å². The molecule has 0 saturated heterocycles. The van der Waals surface area contributed by atoms with Gasteiger partial charge in [0.25, 0.3) is 0 Å². The second-order valence-corrected chi connectivity index (χ2v) is 6.28. The maximum absolute atomic E-state index is 12.8. The van der Waals surface area contributed by atoms with Crippen LogP contribution in [0.3, 0.4) is 0 Å². The van der Waals surface area contributed by atoms with Crippen molar-refractivity contribution in [3.8, 4) is 0 Å². The van der Waals surface area contributed by atoms with Crippen LogP contribution in [0.5, 0.6) is 0 Å². The third-order valence-corrected chi connectivity index (χ3v) is 4.81. The molecule has 1 fully saturated rings. The van der Waals surface area contributed by atoms with E-state index < -0.39 is 0 Å². The summed E-state index contributed by atoms with van der Waals surface area (Å²) in [6, 6.07) is 10.1. The lowest BCUT2D eigenvalue weighted by Gasteiger charge is -2.31. The molecule has 21 heavy (non-hydrogen) atoms. The van der Waals surface area contributed by atoms with E-state index in [1.54, 1.807) is 0 Å². The molecule has 1 aliphatic carbocycles. The summed E-state index contributed by atoms with van der Waals surface area (Å²) < 4.78 is 0. The molecule has 1 amide bonds. The first kappa shape index (κ1) is 16.1. The van der Waals surface area contributed by atoms with Crippen molar-refractivity contribution in [3.05, 3.63) is 30.3 Å². The molecule has 2 nitrogen and oxygen atoms in total. The van der Waals surface area contributed by atoms with E-state index in [0.29, 0.717) is 5.91 Å². The van der Waals surface area contributed by atoms with Crippen molar-refractivity contribution in [2.75, 3.05) is 11.4 Å². The second-order valence-electron chi connectivity index (χ2n) is 6.28. The molecule has 1 aromatic rings. The van der Waals surface area contributed by atoms with Crippen LogP contribution >= 0.6 is 0 Å². The van der Waals surface area contributed by atoms with Crippen molar-refractivity contribution in [2.45, 2.75) is 58.8 Å². The molecule has 0 N–H and O–H groups in total. The molecular formula is C19H29NO. The predicted octanol–water partition coefficient (Wildman–Crippen LogP) is 5.04. The van der Waals surface area contributed by atoms with Gasteiger partial charge in [-0.15, -0.1) is 0 Å². The van der Waals surface area contributed by atoms with Crippen LogP contribution in [0.4, 0.5) is 5.69 Å². The Bertz CT molecular complexity index is 420. The molecule has 0 atom stereocenters. The van der Waals surface area contributed by atoms with Gasteiger partial charge in [0, 0.05) is 18.2 Å². The molecule has 116 valence electrons. The van der Waals surface area contributed by atoms with E-state index >= 15 is 0 Å². The first-order valence-electron chi connectivity index (χ1n) is 8.62. The van der Waals surface area contributed by atoms with Crippen LogP contribution in [0, 0.1) is 11.8 Å². The Morgan fingerprint density at radius 1 is 1.10 bits per heavy atom. The van der Waals surface area contributed by atoms with Crippen LogP contribution in [0.1, 0.15) is 58.8 Å². The van der Waals surface area contributed by atoms with Crippen molar-refractivity contribution >= 4 is 11.6 Å². The number of unbranched alkanes of at least 4 members (excludes halogenated alkanes) is 1. The van der Waals surface area contributed by atoms with E-state index in [-0.39, 0.29) is 5.92 Å². The predicted molar refractivity (Wildman–Crippen MR) is 89.4 cm³/mol. The van der Waals surface area contributed by atoms with Gasteiger partial charge in [0.05, 0.1) is 0 Å². The molecule has 0 radical (unpaired) electrons. The maximum Gasteiger partial charge on any atom is 0.230 e. The third kappa shape index (κ3) is 4.33.